The number of hydrogen-bond acceptors (Lipinski definition) is 5. The molecule has 0 fully saturated rings. The zero-order chi connectivity index (χ0) is 23.8. The van der Waals surface area contributed by atoms with Crippen LogP contribution in [0.3, 0.4) is 0 Å². The predicted octanol–water partition coefficient (Wildman–Crippen LogP) is 4.61. The molecule has 0 bridgehead atoms. The fourth-order valence-corrected chi connectivity index (χ4v) is 3.15. The molecule has 3 heterocycles. The molecule has 0 saturated carbocycles. The number of anilines is 1. The van der Waals surface area contributed by atoms with Crippen molar-refractivity contribution in [1.82, 2.24) is 19.7 Å². The van der Waals surface area contributed by atoms with Crippen molar-refractivity contribution in [1.29, 1.82) is 0 Å². The number of aromatic amines is 1. The zero-order valence-electron chi connectivity index (χ0n) is 17.5. The second-order valence-corrected chi connectivity index (χ2v) is 7.45. The van der Waals surface area contributed by atoms with Crippen LogP contribution in [0.15, 0.2) is 64.0 Å². The molecule has 8 nitrogen and oxygen atoms in total. The summed E-state index contributed by atoms with van der Waals surface area (Å²) in [5.41, 5.74) is -1.33. The molecule has 33 heavy (non-hydrogen) atoms. The van der Waals surface area contributed by atoms with Crippen LogP contribution in [0.1, 0.15) is 41.4 Å². The van der Waals surface area contributed by atoms with Gasteiger partial charge < -0.3 is 9.73 Å². The normalized spacial score (nSPS) is 11.7. The lowest BCUT2D eigenvalue weighted by Crippen LogP contribution is -2.22. The Kier molecular flexibility index (Phi) is 5.62. The largest absolute Gasteiger partial charge is 0.463 e. The molecule has 0 saturated heterocycles. The number of carbonyl (C=O) groups is 1. The summed E-state index contributed by atoms with van der Waals surface area (Å²) in [6, 6.07) is 10.4. The first-order valence-corrected chi connectivity index (χ1v) is 9.86. The average Bonchev–Trinajstić information content (AvgIpc) is 3.42. The first-order valence-electron chi connectivity index (χ1n) is 9.86. The number of hydrogen-bond donors (Lipinski definition) is 2. The van der Waals surface area contributed by atoms with Crippen LogP contribution in [0, 0.1) is 0 Å². The summed E-state index contributed by atoms with van der Waals surface area (Å²) in [6.07, 6.45) is -3.29. The molecule has 1 aromatic carbocycles. The summed E-state index contributed by atoms with van der Waals surface area (Å²) >= 11 is 0. The molecule has 0 aliphatic rings. The Morgan fingerprint density at radius 1 is 1.15 bits per heavy atom. The molecule has 3 aromatic heterocycles. The molecular formula is C22H18F3N5O3. The SMILES string of the molecule is CC(C)c1cc(=O)[nH]c(-n2nc(-c3ccco3)cc2NC(=O)c2ccccc2C(F)(F)F)n1. The highest BCUT2D eigenvalue weighted by Crippen LogP contribution is 2.32. The topological polar surface area (TPSA) is 106 Å². The average molecular weight is 457 g/mol. The van der Waals surface area contributed by atoms with Gasteiger partial charge in [-0.2, -0.15) is 23.0 Å². The van der Waals surface area contributed by atoms with Crippen molar-refractivity contribution < 1.29 is 22.4 Å². The third-order valence-corrected chi connectivity index (χ3v) is 4.74. The number of aromatic nitrogens is 4. The number of halogens is 3. The van der Waals surface area contributed by atoms with Crippen molar-refractivity contribution in [3.63, 3.8) is 0 Å². The summed E-state index contributed by atoms with van der Waals surface area (Å²) < 4.78 is 46.6. The minimum atomic E-state index is -4.72. The molecule has 0 unspecified atom stereocenters. The van der Waals surface area contributed by atoms with E-state index in [1.54, 1.807) is 12.1 Å². The molecule has 4 rings (SSSR count). The lowest BCUT2D eigenvalue weighted by molar-refractivity contribution is -0.137. The van der Waals surface area contributed by atoms with E-state index in [1.807, 2.05) is 13.8 Å². The number of alkyl halides is 3. The number of nitrogens with one attached hydrogen (secondary N) is 2. The Bertz CT molecular complexity index is 1350. The highest BCUT2D eigenvalue weighted by molar-refractivity contribution is 6.05. The van der Waals surface area contributed by atoms with E-state index in [0.717, 1.165) is 16.8 Å². The Hall–Kier alpha value is -4.15. The van der Waals surface area contributed by atoms with Crippen LogP contribution in [-0.2, 0) is 6.18 Å². The lowest BCUT2D eigenvalue weighted by atomic mass is 10.1. The van der Waals surface area contributed by atoms with Crippen LogP contribution in [0.2, 0.25) is 0 Å². The van der Waals surface area contributed by atoms with Gasteiger partial charge in [-0.15, -0.1) is 0 Å². The van der Waals surface area contributed by atoms with E-state index in [-0.39, 0.29) is 23.4 Å². The van der Waals surface area contributed by atoms with Gasteiger partial charge in [0, 0.05) is 12.1 Å². The minimum absolute atomic E-state index is 0.00701. The van der Waals surface area contributed by atoms with E-state index < -0.39 is 28.8 Å². The van der Waals surface area contributed by atoms with Crippen LogP contribution in [-0.4, -0.2) is 25.7 Å². The van der Waals surface area contributed by atoms with Gasteiger partial charge in [-0.25, -0.2) is 4.98 Å². The standard InChI is InChI=1S/C22H18F3N5O3/c1-12(2)15-11-19(31)28-21(26-15)30-18(10-16(29-30)17-8-5-9-33-17)27-20(32)13-6-3-4-7-14(13)22(23,24)25/h3-12H,1-2H3,(H,27,32)(H,26,28,31). The van der Waals surface area contributed by atoms with E-state index in [4.69, 9.17) is 4.42 Å². The van der Waals surface area contributed by atoms with E-state index in [9.17, 15) is 22.8 Å². The van der Waals surface area contributed by atoms with Crippen molar-refractivity contribution in [3.8, 4) is 17.4 Å². The molecule has 0 aliphatic carbocycles. The Balaban J connectivity index is 1.81. The minimum Gasteiger partial charge on any atom is -0.463 e. The number of benzene rings is 1. The molecular weight excluding hydrogens is 439 g/mol. The Labute approximate surface area is 185 Å². The highest BCUT2D eigenvalue weighted by Gasteiger charge is 2.35. The van der Waals surface area contributed by atoms with Gasteiger partial charge in [0.15, 0.2) is 5.76 Å². The van der Waals surface area contributed by atoms with Crippen molar-refractivity contribution in [2.24, 2.45) is 0 Å². The van der Waals surface area contributed by atoms with Gasteiger partial charge in [0.2, 0.25) is 5.95 Å². The van der Waals surface area contributed by atoms with Gasteiger partial charge in [0.1, 0.15) is 11.5 Å². The van der Waals surface area contributed by atoms with Crippen LogP contribution in [0.25, 0.3) is 17.4 Å². The first-order chi connectivity index (χ1) is 15.6. The van der Waals surface area contributed by atoms with Gasteiger partial charge >= 0.3 is 6.18 Å². The molecule has 11 heteroatoms. The van der Waals surface area contributed by atoms with Gasteiger partial charge in [-0.05, 0) is 30.2 Å². The van der Waals surface area contributed by atoms with Crippen molar-refractivity contribution in [3.05, 3.63) is 82.0 Å². The summed E-state index contributed by atoms with van der Waals surface area (Å²) in [6.45, 7) is 3.69. The third-order valence-electron chi connectivity index (χ3n) is 4.74. The molecule has 0 atom stereocenters. The van der Waals surface area contributed by atoms with E-state index in [1.165, 1.54) is 30.5 Å². The predicted molar refractivity (Wildman–Crippen MR) is 113 cm³/mol. The van der Waals surface area contributed by atoms with Gasteiger partial charge in [-0.3, -0.25) is 14.6 Å². The zero-order valence-corrected chi connectivity index (χ0v) is 17.5. The quantitative estimate of drug-likeness (QED) is 0.455. The fraction of sp³-hybridized carbons (Fsp3) is 0.182. The van der Waals surface area contributed by atoms with Crippen LogP contribution in [0.4, 0.5) is 19.0 Å². The number of rotatable bonds is 5. The molecule has 0 spiro atoms. The highest BCUT2D eigenvalue weighted by atomic mass is 19.4. The lowest BCUT2D eigenvalue weighted by Gasteiger charge is -2.13. The maximum atomic E-state index is 13.4. The summed E-state index contributed by atoms with van der Waals surface area (Å²) in [4.78, 5) is 31.9. The van der Waals surface area contributed by atoms with E-state index in [0.29, 0.717) is 11.5 Å². The van der Waals surface area contributed by atoms with Crippen molar-refractivity contribution in [2.45, 2.75) is 25.9 Å². The summed E-state index contributed by atoms with van der Waals surface area (Å²) in [5, 5.41) is 6.78. The second kappa shape index (κ2) is 8.41. The van der Waals surface area contributed by atoms with Crippen LogP contribution < -0.4 is 10.9 Å². The van der Waals surface area contributed by atoms with Crippen molar-refractivity contribution in [2.75, 3.05) is 5.32 Å². The number of nitrogens with zero attached hydrogens (tertiary/aromatic N) is 3. The molecule has 1 amide bonds. The molecule has 2 N–H and O–H groups in total. The first kappa shape index (κ1) is 22.1. The van der Waals surface area contributed by atoms with Crippen molar-refractivity contribution >= 4 is 11.7 Å². The number of H-pyrrole nitrogens is 1. The maximum Gasteiger partial charge on any atom is 0.417 e. The number of furan rings is 1. The molecule has 4 aromatic rings. The van der Waals surface area contributed by atoms with Gasteiger partial charge in [0.25, 0.3) is 11.5 Å². The van der Waals surface area contributed by atoms with E-state index >= 15 is 0 Å². The smallest absolute Gasteiger partial charge is 0.417 e. The molecule has 170 valence electrons. The van der Waals surface area contributed by atoms with Gasteiger partial charge in [0.05, 0.1) is 23.1 Å². The molecule has 0 aliphatic heterocycles. The van der Waals surface area contributed by atoms with Crippen LogP contribution >= 0.6 is 0 Å². The summed E-state index contributed by atoms with van der Waals surface area (Å²) in [7, 11) is 0. The maximum absolute atomic E-state index is 13.4. The number of carbonyl (C=O) groups excluding carboxylic acids is 1. The molecule has 0 radical (unpaired) electrons. The Morgan fingerprint density at radius 2 is 1.91 bits per heavy atom. The fourth-order valence-electron chi connectivity index (χ4n) is 3.15. The number of amides is 1. The third kappa shape index (κ3) is 4.56. The van der Waals surface area contributed by atoms with E-state index in [2.05, 4.69) is 20.4 Å². The van der Waals surface area contributed by atoms with Crippen LogP contribution in [0.5, 0.6) is 0 Å². The van der Waals surface area contributed by atoms with Gasteiger partial charge in [-0.1, -0.05) is 26.0 Å². The monoisotopic (exact) mass is 457 g/mol. The Morgan fingerprint density at radius 3 is 2.58 bits per heavy atom. The second-order valence-electron chi connectivity index (χ2n) is 7.45. The summed E-state index contributed by atoms with van der Waals surface area (Å²) in [5.74, 6) is -0.751.